The smallest absolute Gasteiger partial charge is 0.319 e. The number of urea groups is 1. The highest BCUT2D eigenvalue weighted by molar-refractivity contribution is 7.07. The zero-order valence-corrected chi connectivity index (χ0v) is 15.5. The lowest BCUT2D eigenvalue weighted by Crippen LogP contribution is -2.39. The van der Waals surface area contributed by atoms with E-state index < -0.39 is 5.82 Å². The fraction of sp³-hybridized carbons (Fsp3) is 0.389. The highest BCUT2D eigenvalue weighted by atomic mass is 32.1. The summed E-state index contributed by atoms with van der Waals surface area (Å²) in [5.74, 6) is -0.371. The number of ether oxygens (including phenoxy) is 1. The van der Waals surface area contributed by atoms with Gasteiger partial charge in [-0.05, 0) is 47.6 Å². The Morgan fingerprint density at radius 1 is 1.32 bits per heavy atom. The van der Waals surface area contributed by atoms with Crippen LogP contribution in [0.2, 0.25) is 0 Å². The van der Waals surface area contributed by atoms with Crippen molar-refractivity contribution in [1.29, 1.82) is 0 Å². The van der Waals surface area contributed by atoms with Crippen molar-refractivity contribution >= 4 is 23.1 Å². The summed E-state index contributed by atoms with van der Waals surface area (Å²) in [6.45, 7) is 6.46. The minimum atomic E-state index is -0.514. The molecule has 0 unspecified atom stereocenters. The van der Waals surface area contributed by atoms with Gasteiger partial charge in [0.2, 0.25) is 0 Å². The summed E-state index contributed by atoms with van der Waals surface area (Å²) in [7, 11) is 1.40. The number of hydrogen-bond acceptors (Lipinski definition) is 4. The van der Waals surface area contributed by atoms with Crippen molar-refractivity contribution in [3.8, 4) is 5.75 Å². The van der Waals surface area contributed by atoms with Crippen LogP contribution >= 0.6 is 11.3 Å². The molecule has 0 aliphatic carbocycles. The fourth-order valence-corrected chi connectivity index (χ4v) is 3.40. The first-order valence-corrected chi connectivity index (χ1v) is 9.17. The zero-order chi connectivity index (χ0) is 18.2. The zero-order valence-electron chi connectivity index (χ0n) is 14.7. The average molecular weight is 365 g/mol. The highest BCUT2D eigenvalue weighted by Gasteiger charge is 2.19. The van der Waals surface area contributed by atoms with E-state index in [1.807, 2.05) is 5.38 Å². The molecule has 1 heterocycles. The third kappa shape index (κ3) is 5.17. The SMILES string of the molecule is CCN(CC)[C@@H](CNC(=O)Nc1ccc(OC)c(F)c1)c1ccsc1. The molecule has 2 N–H and O–H groups in total. The van der Waals surface area contributed by atoms with Gasteiger partial charge < -0.3 is 15.4 Å². The van der Waals surface area contributed by atoms with Gasteiger partial charge in [-0.3, -0.25) is 4.90 Å². The summed E-state index contributed by atoms with van der Waals surface area (Å²) in [6.07, 6.45) is 0. The maximum Gasteiger partial charge on any atom is 0.319 e. The molecule has 2 rings (SSSR count). The first-order valence-electron chi connectivity index (χ1n) is 8.23. The average Bonchev–Trinajstić information content (AvgIpc) is 3.13. The molecule has 25 heavy (non-hydrogen) atoms. The van der Waals surface area contributed by atoms with Gasteiger partial charge in [0, 0.05) is 18.3 Å². The van der Waals surface area contributed by atoms with E-state index in [1.54, 1.807) is 17.4 Å². The molecule has 1 atom stereocenters. The third-order valence-electron chi connectivity index (χ3n) is 4.05. The summed E-state index contributed by atoms with van der Waals surface area (Å²) in [5.41, 5.74) is 1.57. The van der Waals surface area contributed by atoms with Gasteiger partial charge in [0.15, 0.2) is 11.6 Å². The predicted molar refractivity (Wildman–Crippen MR) is 100.0 cm³/mol. The van der Waals surface area contributed by atoms with Crippen molar-refractivity contribution in [2.75, 3.05) is 32.1 Å². The van der Waals surface area contributed by atoms with Crippen LogP contribution in [0.15, 0.2) is 35.0 Å². The Morgan fingerprint density at radius 3 is 2.64 bits per heavy atom. The van der Waals surface area contributed by atoms with Gasteiger partial charge >= 0.3 is 6.03 Å². The number of hydrogen-bond donors (Lipinski definition) is 2. The van der Waals surface area contributed by atoms with Crippen LogP contribution in [0, 0.1) is 5.82 Å². The molecule has 0 saturated carbocycles. The lowest BCUT2D eigenvalue weighted by molar-refractivity contribution is 0.210. The van der Waals surface area contributed by atoms with Crippen LogP contribution in [0.3, 0.4) is 0 Å². The second-order valence-corrected chi connectivity index (χ2v) is 6.26. The number of carbonyl (C=O) groups is 1. The number of anilines is 1. The van der Waals surface area contributed by atoms with Crippen LogP contribution in [0.1, 0.15) is 25.5 Å². The van der Waals surface area contributed by atoms with Gasteiger partial charge in [-0.25, -0.2) is 9.18 Å². The Morgan fingerprint density at radius 2 is 2.08 bits per heavy atom. The van der Waals surface area contributed by atoms with E-state index in [4.69, 9.17) is 4.74 Å². The second kappa shape index (κ2) is 9.39. The Bertz CT molecular complexity index is 675. The van der Waals surface area contributed by atoms with Crippen molar-refractivity contribution in [1.82, 2.24) is 10.2 Å². The molecule has 0 aliphatic rings. The number of benzene rings is 1. The van der Waals surface area contributed by atoms with Crippen molar-refractivity contribution in [2.45, 2.75) is 19.9 Å². The molecule has 0 radical (unpaired) electrons. The molecular formula is C18H24FN3O2S. The molecule has 2 amide bonds. The Labute approximate surface area is 151 Å². The quantitative estimate of drug-likeness (QED) is 0.740. The molecule has 0 bridgehead atoms. The summed E-state index contributed by atoms with van der Waals surface area (Å²) in [5, 5.41) is 9.66. The van der Waals surface area contributed by atoms with Gasteiger partial charge in [0.05, 0.1) is 13.2 Å². The van der Waals surface area contributed by atoms with Crippen LogP contribution in [0.4, 0.5) is 14.9 Å². The largest absolute Gasteiger partial charge is 0.494 e. The second-order valence-electron chi connectivity index (χ2n) is 5.48. The van der Waals surface area contributed by atoms with Crippen LogP contribution in [-0.4, -0.2) is 37.7 Å². The maximum atomic E-state index is 13.7. The van der Waals surface area contributed by atoms with Crippen LogP contribution in [-0.2, 0) is 0 Å². The molecule has 2 aromatic rings. The van der Waals surface area contributed by atoms with Gasteiger partial charge in [0.25, 0.3) is 0 Å². The predicted octanol–water partition coefficient (Wildman–Crippen LogP) is 4.10. The van der Waals surface area contributed by atoms with E-state index in [1.165, 1.54) is 24.8 Å². The van der Waals surface area contributed by atoms with E-state index in [-0.39, 0.29) is 17.8 Å². The fourth-order valence-electron chi connectivity index (χ4n) is 2.70. The van der Waals surface area contributed by atoms with Crippen molar-refractivity contribution in [3.05, 3.63) is 46.4 Å². The van der Waals surface area contributed by atoms with Crippen molar-refractivity contribution in [2.24, 2.45) is 0 Å². The van der Waals surface area contributed by atoms with Crippen LogP contribution in [0.5, 0.6) is 5.75 Å². The minimum absolute atomic E-state index is 0.111. The topological polar surface area (TPSA) is 53.6 Å². The molecule has 5 nitrogen and oxygen atoms in total. The number of nitrogens with one attached hydrogen (secondary N) is 2. The normalized spacial score (nSPS) is 12.0. The summed E-state index contributed by atoms with van der Waals surface area (Å²) in [6, 6.07) is 6.14. The number of halogens is 1. The summed E-state index contributed by atoms with van der Waals surface area (Å²) >= 11 is 1.64. The number of rotatable bonds is 8. The molecule has 1 aromatic heterocycles. The lowest BCUT2D eigenvalue weighted by Gasteiger charge is -2.29. The standard InChI is InChI=1S/C18H24FN3O2S/c1-4-22(5-2)16(13-8-9-25-12-13)11-20-18(23)21-14-6-7-17(24-3)15(19)10-14/h6-10,12,16H,4-5,11H2,1-3H3,(H2,20,21,23)/t16-/m0/s1. The van der Waals surface area contributed by atoms with Gasteiger partial charge in [-0.15, -0.1) is 0 Å². The molecule has 136 valence electrons. The van der Waals surface area contributed by atoms with E-state index in [0.717, 1.165) is 13.1 Å². The number of carbonyl (C=O) groups excluding carboxylic acids is 1. The molecule has 0 saturated heterocycles. The summed E-state index contributed by atoms with van der Waals surface area (Å²) < 4.78 is 18.6. The molecule has 0 fully saturated rings. The van der Waals surface area contributed by atoms with Gasteiger partial charge in [0.1, 0.15) is 0 Å². The van der Waals surface area contributed by atoms with Gasteiger partial charge in [-0.2, -0.15) is 11.3 Å². The number of amides is 2. The third-order valence-corrected chi connectivity index (χ3v) is 4.75. The van der Waals surface area contributed by atoms with Crippen LogP contribution < -0.4 is 15.4 Å². The first-order chi connectivity index (χ1) is 12.1. The maximum absolute atomic E-state index is 13.7. The molecule has 7 heteroatoms. The van der Waals surface area contributed by atoms with E-state index >= 15 is 0 Å². The molecule has 0 spiro atoms. The Balaban J connectivity index is 1.98. The molecule has 1 aromatic carbocycles. The minimum Gasteiger partial charge on any atom is -0.494 e. The lowest BCUT2D eigenvalue weighted by atomic mass is 10.1. The van der Waals surface area contributed by atoms with Crippen LogP contribution in [0.25, 0.3) is 0 Å². The first kappa shape index (κ1) is 19.2. The number of methoxy groups -OCH3 is 1. The Kier molecular flexibility index (Phi) is 7.21. The number of thiophene rings is 1. The monoisotopic (exact) mass is 365 g/mol. The van der Waals surface area contributed by atoms with Crippen molar-refractivity contribution in [3.63, 3.8) is 0 Å². The van der Waals surface area contributed by atoms with E-state index in [9.17, 15) is 9.18 Å². The van der Waals surface area contributed by atoms with E-state index in [0.29, 0.717) is 12.2 Å². The highest BCUT2D eigenvalue weighted by Crippen LogP contribution is 2.23. The summed E-state index contributed by atoms with van der Waals surface area (Å²) in [4.78, 5) is 14.4. The number of nitrogens with zero attached hydrogens (tertiary/aromatic N) is 1. The van der Waals surface area contributed by atoms with Crippen molar-refractivity contribution < 1.29 is 13.9 Å². The van der Waals surface area contributed by atoms with Gasteiger partial charge in [-0.1, -0.05) is 13.8 Å². The van der Waals surface area contributed by atoms with E-state index in [2.05, 4.69) is 40.8 Å². The Hall–Kier alpha value is -2.12. The molecular weight excluding hydrogens is 341 g/mol. The molecule has 0 aliphatic heterocycles. The number of likely N-dealkylation sites (N-methyl/N-ethyl adjacent to an activating group) is 1.